The predicted octanol–water partition coefficient (Wildman–Crippen LogP) is 3.58. The van der Waals surface area contributed by atoms with Crippen LogP contribution in [0.25, 0.3) is 0 Å². The Bertz CT molecular complexity index is 398. The van der Waals surface area contributed by atoms with Crippen LogP contribution in [0, 0.1) is 5.92 Å². The summed E-state index contributed by atoms with van der Waals surface area (Å²) in [4.78, 5) is 26.6. The van der Waals surface area contributed by atoms with Gasteiger partial charge in [-0.25, -0.2) is 0 Å². The Morgan fingerprint density at radius 1 is 1.25 bits per heavy atom. The van der Waals surface area contributed by atoms with Crippen molar-refractivity contribution in [2.75, 3.05) is 19.6 Å². The fourth-order valence-electron chi connectivity index (χ4n) is 3.82. The standard InChI is InChI=1S/C18H32N2O2.C2H6/c1-14(2)8-11-19-18(15(3)21)9-12-20(13-10-18)16-6-4-5-7-17(16)22;1-2/h14,16,19H,4-13H2,1-3H3;1-2H3. The van der Waals surface area contributed by atoms with Gasteiger partial charge < -0.3 is 5.32 Å². The molecule has 2 aliphatic rings. The van der Waals surface area contributed by atoms with Crippen LogP contribution in [0.15, 0.2) is 0 Å². The number of likely N-dealkylation sites (tertiary alicyclic amines) is 1. The molecule has 2 fully saturated rings. The minimum absolute atomic E-state index is 0.120. The Morgan fingerprint density at radius 2 is 1.88 bits per heavy atom. The van der Waals surface area contributed by atoms with Crippen LogP contribution in [0.3, 0.4) is 0 Å². The molecule has 0 radical (unpaired) electrons. The smallest absolute Gasteiger partial charge is 0.149 e. The maximum absolute atomic E-state index is 12.2. The number of nitrogens with one attached hydrogen (secondary N) is 1. The van der Waals surface area contributed by atoms with E-state index in [0.717, 1.165) is 64.6 Å². The summed E-state index contributed by atoms with van der Waals surface area (Å²) < 4.78 is 0. The van der Waals surface area contributed by atoms with E-state index >= 15 is 0 Å². The molecule has 1 saturated heterocycles. The molecule has 1 saturated carbocycles. The highest BCUT2D eigenvalue weighted by Gasteiger charge is 2.41. The van der Waals surface area contributed by atoms with Crippen molar-refractivity contribution in [1.82, 2.24) is 10.2 Å². The zero-order chi connectivity index (χ0) is 18.2. The van der Waals surface area contributed by atoms with E-state index in [0.29, 0.717) is 11.7 Å². The number of carbonyl (C=O) groups excluding carboxylic acids is 2. The van der Waals surface area contributed by atoms with Gasteiger partial charge in [-0.1, -0.05) is 34.1 Å². The second kappa shape index (κ2) is 10.3. The molecule has 1 atom stereocenters. The third kappa shape index (κ3) is 5.66. The van der Waals surface area contributed by atoms with Crippen molar-refractivity contribution in [3.05, 3.63) is 0 Å². The molecule has 1 aliphatic heterocycles. The Hall–Kier alpha value is -0.740. The first-order chi connectivity index (χ1) is 11.4. The van der Waals surface area contributed by atoms with Gasteiger partial charge in [0, 0.05) is 19.5 Å². The Morgan fingerprint density at radius 3 is 2.38 bits per heavy atom. The minimum Gasteiger partial charge on any atom is -0.305 e. The molecule has 0 aromatic rings. The zero-order valence-corrected chi connectivity index (χ0v) is 16.5. The van der Waals surface area contributed by atoms with E-state index in [9.17, 15) is 9.59 Å². The van der Waals surface area contributed by atoms with E-state index in [1.807, 2.05) is 13.8 Å². The molecule has 4 nitrogen and oxygen atoms in total. The van der Waals surface area contributed by atoms with Crippen LogP contribution in [-0.4, -0.2) is 47.7 Å². The molecule has 0 bridgehead atoms. The molecule has 0 aromatic carbocycles. The molecule has 1 N–H and O–H groups in total. The molecule has 1 unspecified atom stereocenters. The summed E-state index contributed by atoms with van der Waals surface area (Å²) in [5.41, 5.74) is -0.358. The highest BCUT2D eigenvalue weighted by atomic mass is 16.1. The summed E-state index contributed by atoms with van der Waals surface area (Å²) in [6.07, 6.45) is 6.74. The van der Waals surface area contributed by atoms with Crippen molar-refractivity contribution in [3.63, 3.8) is 0 Å². The minimum atomic E-state index is -0.358. The van der Waals surface area contributed by atoms with Gasteiger partial charge in [0.15, 0.2) is 0 Å². The normalized spacial score (nSPS) is 24.4. The zero-order valence-electron chi connectivity index (χ0n) is 16.5. The van der Waals surface area contributed by atoms with Crippen LogP contribution >= 0.6 is 0 Å². The average molecular weight is 339 g/mol. The molecule has 2 rings (SSSR count). The first kappa shape index (κ1) is 21.3. The largest absolute Gasteiger partial charge is 0.305 e. The van der Waals surface area contributed by atoms with Gasteiger partial charge in [0.25, 0.3) is 0 Å². The highest BCUT2D eigenvalue weighted by molar-refractivity contribution is 5.87. The maximum Gasteiger partial charge on any atom is 0.149 e. The first-order valence-electron chi connectivity index (χ1n) is 9.97. The van der Waals surface area contributed by atoms with E-state index in [4.69, 9.17) is 0 Å². The van der Waals surface area contributed by atoms with Crippen LogP contribution in [0.5, 0.6) is 0 Å². The highest BCUT2D eigenvalue weighted by Crippen LogP contribution is 2.28. The van der Waals surface area contributed by atoms with E-state index < -0.39 is 0 Å². The third-order valence-corrected chi connectivity index (χ3v) is 5.47. The van der Waals surface area contributed by atoms with Gasteiger partial charge in [0.05, 0.1) is 11.6 Å². The summed E-state index contributed by atoms with van der Waals surface area (Å²) in [6, 6.07) is 0.120. The Kier molecular flexibility index (Phi) is 9.14. The van der Waals surface area contributed by atoms with Crippen LogP contribution in [0.2, 0.25) is 0 Å². The molecular weight excluding hydrogens is 300 g/mol. The van der Waals surface area contributed by atoms with Crippen LogP contribution in [0.4, 0.5) is 0 Å². The number of Topliss-reactive ketones (excluding diaryl/α,β-unsaturated/α-hetero) is 2. The van der Waals surface area contributed by atoms with E-state index in [1.165, 1.54) is 0 Å². The molecule has 24 heavy (non-hydrogen) atoms. The molecule has 0 aromatic heterocycles. The van der Waals surface area contributed by atoms with Gasteiger partial charge >= 0.3 is 0 Å². The second-order valence-corrected chi connectivity index (χ2v) is 7.51. The van der Waals surface area contributed by atoms with Crippen molar-refractivity contribution in [1.29, 1.82) is 0 Å². The lowest BCUT2D eigenvalue weighted by Gasteiger charge is -2.44. The van der Waals surface area contributed by atoms with Gasteiger partial charge in [-0.05, 0) is 51.5 Å². The van der Waals surface area contributed by atoms with Crippen molar-refractivity contribution >= 4 is 11.6 Å². The molecule has 0 amide bonds. The number of piperidine rings is 1. The van der Waals surface area contributed by atoms with Crippen LogP contribution < -0.4 is 5.32 Å². The predicted molar refractivity (Wildman–Crippen MR) is 100 cm³/mol. The number of hydrogen-bond acceptors (Lipinski definition) is 4. The van der Waals surface area contributed by atoms with Gasteiger partial charge in [-0.2, -0.15) is 0 Å². The van der Waals surface area contributed by atoms with Crippen molar-refractivity contribution < 1.29 is 9.59 Å². The Labute approximate surface area is 148 Å². The summed E-state index contributed by atoms with van der Waals surface area (Å²) in [5.74, 6) is 1.32. The van der Waals surface area contributed by atoms with Gasteiger partial charge in [-0.15, -0.1) is 0 Å². The number of nitrogens with zero attached hydrogens (tertiary/aromatic N) is 1. The van der Waals surface area contributed by atoms with E-state index in [-0.39, 0.29) is 17.4 Å². The number of carbonyl (C=O) groups is 2. The SMILES string of the molecule is CC.CC(=O)C1(NCCC(C)C)CCN(C2CCCCC2=O)CC1. The van der Waals surface area contributed by atoms with Crippen LogP contribution in [0.1, 0.15) is 79.6 Å². The van der Waals surface area contributed by atoms with Crippen LogP contribution in [-0.2, 0) is 9.59 Å². The number of rotatable bonds is 6. The van der Waals surface area contributed by atoms with Gasteiger partial charge in [-0.3, -0.25) is 14.5 Å². The molecule has 1 heterocycles. The fraction of sp³-hybridized carbons (Fsp3) is 0.900. The van der Waals surface area contributed by atoms with Gasteiger partial charge in [0.1, 0.15) is 11.6 Å². The lowest BCUT2D eigenvalue weighted by Crippen LogP contribution is -2.60. The molecule has 0 spiro atoms. The van der Waals surface area contributed by atoms with Crippen molar-refractivity contribution in [2.45, 2.75) is 91.1 Å². The summed E-state index contributed by atoms with van der Waals surface area (Å²) in [7, 11) is 0. The quantitative estimate of drug-likeness (QED) is 0.804. The van der Waals surface area contributed by atoms with Crippen molar-refractivity contribution in [2.24, 2.45) is 5.92 Å². The Balaban J connectivity index is 0.00000139. The monoisotopic (exact) mass is 338 g/mol. The summed E-state index contributed by atoms with van der Waals surface area (Å²) in [6.45, 7) is 12.8. The molecular formula is C20H38N2O2. The molecule has 140 valence electrons. The lowest BCUT2D eigenvalue weighted by molar-refractivity contribution is -0.129. The number of hydrogen-bond donors (Lipinski definition) is 1. The van der Waals surface area contributed by atoms with Crippen molar-refractivity contribution in [3.8, 4) is 0 Å². The first-order valence-corrected chi connectivity index (χ1v) is 9.97. The topological polar surface area (TPSA) is 49.4 Å². The van der Waals surface area contributed by atoms with Gasteiger partial charge in [0.2, 0.25) is 0 Å². The second-order valence-electron chi connectivity index (χ2n) is 7.51. The number of ketones is 2. The fourth-order valence-corrected chi connectivity index (χ4v) is 3.82. The average Bonchev–Trinajstić information content (AvgIpc) is 2.57. The van der Waals surface area contributed by atoms with E-state index in [1.54, 1.807) is 6.92 Å². The molecule has 1 aliphatic carbocycles. The third-order valence-electron chi connectivity index (χ3n) is 5.47. The summed E-state index contributed by atoms with van der Waals surface area (Å²) >= 11 is 0. The summed E-state index contributed by atoms with van der Waals surface area (Å²) in [5, 5.41) is 3.54. The lowest BCUT2D eigenvalue weighted by atomic mass is 9.82. The maximum atomic E-state index is 12.2. The molecule has 4 heteroatoms. The van der Waals surface area contributed by atoms with E-state index in [2.05, 4.69) is 24.1 Å².